The van der Waals surface area contributed by atoms with Gasteiger partial charge in [-0.15, -0.1) is 0 Å². The van der Waals surface area contributed by atoms with E-state index in [4.69, 9.17) is 0 Å². The molecule has 0 saturated carbocycles. The summed E-state index contributed by atoms with van der Waals surface area (Å²) in [7, 11) is -1.66. The minimum atomic E-state index is -3.46. The third-order valence-corrected chi connectivity index (χ3v) is 8.92. The Balaban J connectivity index is 1.64. The Labute approximate surface area is 157 Å². The molecular weight excluding hydrogens is 348 g/mol. The second-order valence-corrected chi connectivity index (χ2v) is 10.4. The molecule has 3 aliphatic heterocycles. The van der Waals surface area contributed by atoms with Crippen LogP contribution >= 0.6 is 0 Å². The molecule has 0 unspecified atom stereocenters. The average Bonchev–Trinajstić information content (AvgIpc) is 2.98. The number of aromatic nitrogens is 2. The minimum Gasteiger partial charge on any atom is -0.297 e. The molecule has 2 bridgehead atoms. The summed E-state index contributed by atoms with van der Waals surface area (Å²) in [5, 5.41) is 4.16. The molecule has 1 aromatic heterocycles. The van der Waals surface area contributed by atoms with E-state index in [9.17, 15) is 8.42 Å². The molecule has 6 nitrogen and oxygen atoms in total. The van der Waals surface area contributed by atoms with Gasteiger partial charge in [-0.25, -0.2) is 8.42 Å². The van der Waals surface area contributed by atoms with Crippen LogP contribution in [0.1, 0.15) is 51.1 Å². The maximum Gasteiger partial charge on any atom is 0.246 e. The number of rotatable bonds is 4. The van der Waals surface area contributed by atoms with Crippen molar-refractivity contribution in [1.29, 1.82) is 0 Å². The zero-order chi connectivity index (χ0) is 18.5. The third-order valence-electron chi connectivity index (χ3n) is 6.98. The van der Waals surface area contributed by atoms with Crippen molar-refractivity contribution < 1.29 is 8.42 Å². The normalized spacial score (nSPS) is 33.2. The first-order valence-electron chi connectivity index (χ1n) is 10.2. The van der Waals surface area contributed by atoms with Crippen molar-refractivity contribution in [1.82, 2.24) is 19.0 Å². The summed E-state index contributed by atoms with van der Waals surface area (Å²) in [4.78, 5) is 3.14. The molecule has 4 atom stereocenters. The van der Waals surface area contributed by atoms with Crippen LogP contribution in [-0.2, 0) is 17.1 Å². The number of aryl methyl sites for hydroxylation is 1. The molecule has 0 radical (unpaired) electrons. The van der Waals surface area contributed by atoms with Crippen molar-refractivity contribution in [3.63, 3.8) is 0 Å². The van der Waals surface area contributed by atoms with Crippen LogP contribution in [0.15, 0.2) is 11.1 Å². The van der Waals surface area contributed by atoms with Gasteiger partial charge in [0.25, 0.3) is 0 Å². The summed E-state index contributed by atoms with van der Waals surface area (Å²) in [6.45, 7) is 6.64. The lowest BCUT2D eigenvalue weighted by Gasteiger charge is -2.56. The Hall–Kier alpha value is -0.920. The summed E-state index contributed by atoms with van der Waals surface area (Å²) in [5.74, 6) is 0.948. The Morgan fingerprint density at radius 1 is 1.23 bits per heavy atom. The smallest absolute Gasteiger partial charge is 0.246 e. The summed E-state index contributed by atoms with van der Waals surface area (Å²) < 4.78 is 30.1. The number of fused-ring (bicyclic) bond motifs is 4. The molecule has 146 valence electrons. The first-order chi connectivity index (χ1) is 12.4. The van der Waals surface area contributed by atoms with E-state index in [1.807, 2.05) is 6.92 Å². The van der Waals surface area contributed by atoms with Gasteiger partial charge in [0.1, 0.15) is 4.90 Å². The molecule has 4 rings (SSSR count). The van der Waals surface area contributed by atoms with Gasteiger partial charge < -0.3 is 0 Å². The molecule has 0 spiro atoms. The maximum atomic E-state index is 13.3. The Morgan fingerprint density at radius 3 is 2.69 bits per heavy atom. The molecule has 4 heterocycles. The van der Waals surface area contributed by atoms with Crippen LogP contribution in [0.3, 0.4) is 0 Å². The predicted molar refractivity (Wildman–Crippen MR) is 101 cm³/mol. The van der Waals surface area contributed by atoms with Gasteiger partial charge >= 0.3 is 0 Å². The lowest BCUT2D eigenvalue weighted by atomic mass is 9.72. The van der Waals surface area contributed by atoms with E-state index in [0.29, 0.717) is 41.9 Å². The summed E-state index contributed by atoms with van der Waals surface area (Å²) in [6.07, 6.45) is 8.90. The number of nitrogens with zero attached hydrogens (tertiary/aromatic N) is 4. The van der Waals surface area contributed by atoms with Crippen LogP contribution in [0, 0.1) is 18.8 Å². The van der Waals surface area contributed by atoms with E-state index >= 15 is 0 Å². The molecule has 3 fully saturated rings. The number of hydrogen-bond donors (Lipinski definition) is 0. The van der Waals surface area contributed by atoms with Crippen molar-refractivity contribution in [2.24, 2.45) is 18.9 Å². The highest BCUT2D eigenvalue weighted by molar-refractivity contribution is 7.89. The first-order valence-corrected chi connectivity index (χ1v) is 11.6. The van der Waals surface area contributed by atoms with E-state index in [0.717, 1.165) is 5.69 Å². The van der Waals surface area contributed by atoms with Gasteiger partial charge in [-0.3, -0.25) is 9.58 Å². The molecule has 0 N–H and O–H groups in total. The fourth-order valence-corrected chi connectivity index (χ4v) is 7.37. The highest BCUT2D eigenvalue weighted by Gasteiger charge is 2.49. The van der Waals surface area contributed by atoms with Gasteiger partial charge in [0.05, 0.1) is 11.9 Å². The zero-order valence-electron chi connectivity index (χ0n) is 16.3. The third kappa shape index (κ3) is 2.92. The number of hydrogen-bond acceptors (Lipinski definition) is 4. The Morgan fingerprint density at radius 2 is 2.00 bits per heavy atom. The van der Waals surface area contributed by atoms with Crippen molar-refractivity contribution >= 4 is 10.0 Å². The standard InChI is InChI=1S/C19H32N4O2S/c1-4-7-17-15-10-16(18-8-5-6-9-23(17)18)13-22(12-15)26(24,25)19-11-20-21(3)14(19)2/h11,15-18H,4-10,12-13H2,1-3H3/t15-,16+,17-,18-/m0/s1. The molecule has 0 amide bonds. The van der Waals surface area contributed by atoms with E-state index in [-0.39, 0.29) is 0 Å². The zero-order valence-corrected chi connectivity index (χ0v) is 17.1. The van der Waals surface area contributed by atoms with Gasteiger partial charge in [-0.05, 0) is 51.0 Å². The van der Waals surface area contributed by atoms with Crippen LogP contribution < -0.4 is 0 Å². The van der Waals surface area contributed by atoms with E-state index in [2.05, 4.69) is 16.9 Å². The molecule has 0 aliphatic carbocycles. The SMILES string of the molecule is CCC[C@H]1[C@H]2C[C@H](CN(S(=O)(=O)c3cnn(C)c3C)C2)[C@@H]2CCCCN21. The van der Waals surface area contributed by atoms with Crippen LogP contribution in [0.2, 0.25) is 0 Å². The minimum absolute atomic E-state index is 0.382. The summed E-state index contributed by atoms with van der Waals surface area (Å²) >= 11 is 0. The van der Waals surface area contributed by atoms with Gasteiger partial charge in [0.2, 0.25) is 10.0 Å². The van der Waals surface area contributed by atoms with Crippen LogP contribution in [0.25, 0.3) is 0 Å². The quantitative estimate of drug-likeness (QED) is 0.805. The van der Waals surface area contributed by atoms with Gasteiger partial charge in [0.15, 0.2) is 0 Å². The summed E-state index contributed by atoms with van der Waals surface area (Å²) in [6, 6.07) is 1.12. The van der Waals surface area contributed by atoms with Gasteiger partial charge in [-0.1, -0.05) is 19.8 Å². The van der Waals surface area contributed by atoms with Crippen molar-refractivity contribution in [2.75, 3.05) is 19.6 Å². The maximum absolute atomic E-state index is 13.3. The Kier molecular flexibility index (Phi) is 4.90. The van der Waals surface area contributed by atoms with Gasteiger partial charge in [0, 0.05) is 32.2 Å². The highest BCUT2D eigenvalue weighted by atomic mass is 32.2. The largest absolute Gasteiger partial charge is 0.297 e. The number of piperidine rings is 3. The van der Waals surface area contributed by atoms with Gasteiger partial charge in [-0.2, -0.15) is 9.40 Å². The topological polar surface area (TPSA) is 58.4 Å². The van der Waals surface area contributed by atoms with Crippen molar-refractivity contribution in [2.45, 2.75) is 69.4 Å². The molecule has 26 heavy (non-hydrogen) atoms. The second-order valence-electron chi connectivity index (χ2n) is 8.45. The lowest BCUT2D eigenvalue weighted by Crippen LogP contribution is -2.64. The fourth-order valence-electron chi connectivity index (χ4n) is 5.63. The van der Waals surface area contributed by atoms with Crippen LogP contribution in [0.4, 0.5) is 0 Å². The average molecular weight is 381 g/mol. The first kappa shape index (κ1) is 18.4. The van der Waals surface area contributed by atoms with Crippen molar-refractivity contribution in [3.05, 3.63) is 11.9 Å². The number of sulfonamides is 1. The van der Waals surface area contributed by atoms with E-state index < -0.39 is 10.0 Å². The monoisotopic (exact) mass is 380 g/mol. The molecule has 3 saturated heterocycles. The fraction of sp³-hybridized carbons (Fsp3) is 0.842. The van der Waals surface area contributed by atoms with Crippen LogP contribution in [0.5, 0.6) is 0 Å². The Bertz CT molecular complexity index is 760. The lowest BCUT2D eigenvalue weighted by molar-refractivity contribution is -0.0581. The molecule has 1 aromatic rings. The highest BCUT2D eigenvalue weighted by Crippen LogP contribution is 2.43. The van der Waals surface area contributed by atoms with Crippen LogP contribution in [-0.4, -0.2) is 59.1 Å². The molecule has 3 aliphatic rings. The predicted octanol–water partition coefficient (Wildman–Crippen LogP) is 2.39. The second kappa shape index (κ2) is 6.91. The molecular formula is C19H32N4O2S. The van der Waals surface area contributed by atoms with E-state index in [1.54, 1.807) is 16.0 Å². The molecule has 7 heteroatoms. The van der Waals surface area contributed by atoms with E-state index in [1.165, 1.54) is 51.3 Å². The molecule has 0 aromatic carbocycles. The summed E-state index contributed by atoms with van der Waals surface area (Å²) in [5.41, 5.74) is 0.727. The van der Waals surface area contributed by atoms with Crippen molar-refractivity contribution in [3.8, 4) is 0 Å².